The van der Waals surface area contributed by atoms with Gasteiger partial charge in [0.1, 0.15) is 11.5 Å². The van der Waals surface area contributed by atoms with E-state index in [2.05, 4.69) is 20.8 Å². The van der Waals surface area contributed by atoms with Crippen LogP contribution in [0, 0.1) is 6.92 Å². The van der Waals surface area contributed by atoms with Gasteiger partial charge in [0.2, 0.25) is 0 Å². The first-order chi connectivity index (χ1) is 14.1. The lowest BCUT2D eigenvalue weighted by Gasteiger charge is -2.18. The summed E-state index contributed by atoms with van der Waals surface area (Å²) in [5, 5.41) is 9.71. The van der Waals surface area contributed by atoms with Gasteiger partial charge in [-0.25, -0.2) is 0 Å². The Hall–Kier alpha value is -1.30. The maximum absolute atomic E-state index is 9.71. The molecule has 0 bridgehead atoms. The summed E-state index contributed by atoms with van der Waals surface area (Å²) < 4.78 is 23.3. The number of phenolic OH excluding ortho intramolecular Hbond substituents is 1. The number of benzene rings is 1. The number of aryl methyl sites for hydroxylation is 2. The van der Waals surface area contributed by atoms with E-state index in [1.165, 1.54) is 0 Å². The molecule has 0 aliphatic heterocycles. The molecule has 0 heterocycles. The van der Waals surface area contributed by atoms with Crippen LogP contribution in [0.15, 0.2) is 12.1 Å². The minimum absolute atomic E-state index is 0.249. The molecule has 0 fully saturated rings. The Labute approximate surface area is 177 Å². The maximum Gasteiger partial charge on any atom is 0.180 e. The van der Waals surface area contributed by atoms with E-state index in [1.807, 2.05) is 6.92 Å². The van der Waals surface area contributed by atoms with Gasteiger partial charge in [-0.15, -0.1) is 0 Å². The number of hydrogen-bond donors (Lipinski definition) is 1. The zero-order valence-electron chi connectivity index (χ0n) is 19.0. The van der Waals surface area contributed by atoms with E-state index in [9.17, 15) is 5.11 Å². The topological polar surface area (TPSA) is 57.2 Å². The lowest BCUT2D eigenvalue weighted by atomic mass is 10.1. The first-order valence-corrected chi connectivity index (χ1v) is 11.4. The molecule has 1 rings (SSSR count). The second kappa shape index (κ2) is 16.5. The summed E-state index contributed by atoms with van der Waals surface area (Å²) in [7, 11) is 0. The van der Waals surface area contributed by atoms with E-state index < -0.39 is 0 Å². The zero-order valence-corrected chi connectivity index (χ0v) is 19.0. The zero-order chi connectivity index (χ0) is 21.3. The summed E-state index contributed by atoms with van der Waals surface area (Å²) in [6.45, 7) is 11.7. The number of phenols is 1. The molecule has 1 aromatic carbocycles. The van der Waals surface area contributed by atoms with Crippen molar-refractivity contribution in [1.29, 1.82) is 0 Å². The van der Waals surface area contributed by atoms with Gasteiger partial charge in [-0.2, -0.15) is 0 Å². The van der Waals surface area contributed by atoms with Gasteiger partial charge in [0, 0.05) is 19.8 Å². The molecule has 0 aromatic heterocycles. The van der Waals surface area contributed by atoms with Crippen LogP contribution >= 0.6 is 0 Å². The monoisotopic (exact) mass is 410 g/mol. The van der Waals surface area contributed by atoms with Crippen LogP contribution in [0.2, 0.25) is 0 Å². The third kappa shape index (κ3) is 11.5. The molecular formula is C24H42O5. The molecule has 5 heteroatoms. The van der Waals surface area contributed by atoms with Crippen molar-refractivity contribution in [1.82, 2.24) is 0 Å². The molecule has 29 heavy (non-hydrogen) atoms. The summed E-state index contributed by atoms with van der Waals surface area (Å²) in [4.78, 5) is 0. The number of rotatable bonds is 18. The molecule has 0 unspecified atom stereocenters. The minimum atomic E-state index is -0.249. The van der Waals surface area contributed by atoms with Crippen molar-refractivity contribution in [2.45, 2.75) is 85.4 Å². The fourth-order valence-corrected chi connectivity index (χ4v) is 2.99. The maximum atomic E-state index is 9.71. The van der Waals surface area contributed by atoms with Crippen molar-refractivity contribution < 1.29 is 24.1 Å². The number of aromatic hydroxyl groups is 1. The SMILES string of the molecule is CCCCOC(COCCCCCOc1c(C)cc(O)cc1CC)OCCCC. The van der Waals surface area contributed by atoms with Crippen molar-refractivity contribution >= 4 is 0 Å². The Kier molecular flexibility index (Phi) is 14.6. The lowest BCUT2D eigenvalue weighted by molar-refractivity contribution is -0.173. The van der Waals surface area contributed by atoms with Crippen molar-refractivity contribution in [3.05, 3.63) is 23.3 Å². The molecule has 0 aliphatic carbocycles. The fourth-order valence-electron chi connectivity index (χ4n) is 2.99. The average molecular weight is 411 g/mol. The van der Waals surface area contributed by atoms with Crippen molar-refractivity contribution in [3.8, 4) is 11.5 Å². The van der Waals surface area contributed by atoms with E-state index >= 15 is 0 Å². The summed E-state index contributed by atoms with van der Waals surface area (Å²) in [6, 6.07) is 3.54. The van der Waals surface area contributed by atoms with Gasteiger partial charge in [-0.05, 0) is 68.7 Å². The molecule has 1 N–H and O–H groups in total. The van der Waals surface area contributed by atoms with Crippen LogP contribution in [0.25, 0.3) is 0 Å². The van der Waals surface area contributed by atoms with Gasteiger partial charge in [0.15, 0.2) is 6.29 Å². The number of ether oxygens (including phenoxy) is 4. The van der Waals surface area contributed by atoms with Gasteiger partial charge >= 0.3 is 0 Å². The van der Waals surface area contributed by atoms with E-state index in [-0.39, 0.29) is 6.29 Å². The highest BCUT2D eigenvalue weighted by molar-refractivity contribution is 5.46. The molecule has 0 amide bonds. The van der Waals surface area contributed by atoms with Crippen LogP contribution in [0.3, 0.4) is 0 Å². The highest BCUT2D eigenvalue weighted by Gasteiger charge is 2.10. The Balaban J connectivity index is 2.17. The van der Waals surface area contributed by atoms with Gasteiger partial charge in [0.25, 0.3) is 0 Å². The first kappa shape index (κ1) is 25.7. The quantitative estimate of drug-likeness (QED) is 0.245. The largest absolute Gasteiger partial charge is 0.508 e. The van der Waals surface area contributed by atoms with Crippen molar-refractivity contribution in [2.24, 2.45) is 0 Å². The third-order valence-electron chi connectivity index (χ3n) is 4.75. The highest BCUT2D eigenvalue weighted by Crippen LogP contribution is 2.29. The molecule has 0 saturated heterocycles. The lowest BCUT2D eigenvalue weighted by Crippen LogP contribution is -2.25. The van der Waals surface area contributed by atoms with Crippen LogP contribution in [0.5, 0.6) is 11.5 Å². The molecule has 0 spiro atoms. The van der Waals surface area contributed by atoms with Crippen LogP contribution < -0.4 is 4.74 Å². The van der Waals surface area contributed by atoms with Crippen molar-refractivity contribution in [2.75, 3.05) is 33.0 Å². The summed E-state index contributed by atoms with van der Waals surface area (Å²) >= 11 is 0. The highest BCUT2D eigenvalue weighted by atomic mass is 16.7. The van der Waals surface area contributed by atoms with E-state index in [0.717, 1.165) is 81.5 Å². The normalized spacial score (nSPS) is 11.3. The molecule has 1 aromatic rings. The predicted octanol–water partition coefficient (Wildman–Crippen LogP) is 5.79. The van der Waals surface area contributed by atoms with Gasteiger partial charge < -0.3 is 24.1 Å². The average Bonchev–Trinajstić information content (AvgIpc) is 2.70. The second-order valence-electron chi connectivity index (χ2n) is 7.47. The Bertz CT molecular complexity index is 522. The minimum Gasteiger partial charge on any atom is -0.508 e. The standard InChI is InChI=1S/C24H42O5/c1-5-8-14-27-23(28-15-9-6-2)19-26-13-11-10-12-16-29-24-20(4)17-22(25)18-21(24)7-3/h17-18,23,25H,5-16,19H2,1-4H3. The number of unbranched alkanes of at least 4 members (excludes halogenated alkanes) is 4. The molecule has 0 atom stereocenters. The Morgan fingerprint density at radius 2 is 1.48 bits per heavy atom. The van der Waals surface area contributed by atoms with Crippen LogP contribution in [-0.2, 0) is 20.6 Å². The molecule has 0 aliphatic rings. The molecule has 0 saturated carbocycles. The first-order valence-electron chi connectivity index (χ1n) is 11.4. The number of hydrogen-bond acceptors (Lipinski definition) is 5. The molecular weight excluding hydrogens is 368 g/mol. The summed E-state index contributed by atoms with van der Waals surface area (Å²) in [5.41, 5.74) is 2.05. The Morgan fingerprint density at radius 1 is 0.828 bits per heavy atom. The molecule has 0 radical (unpaired) electrons. The molecule has 168 valence electrons. The fraction of sp³-hybridized carbons (Fsp3) is 0.750. The van der Waals surface area contributed by atoms with Crippen LogP contribution in [-0.4, -0.2) is 44.4 Å². The van der Waals surface area contributed by atoms with Crippen LogP contribution in [0.1, 0.15) is 76.8 Å². The Morgan fingerprint density at radius 3 is 2.10 bits per heavy atom. The summed E-state index contributed by atoms with van der Waals surface area (Å²) in [5.74, 6) is 1.22. The van der Waals surface area contributed by atoms with E-state index in [0.29, 0.717) is 25.6 Å². The summed E-state index contributed by atoms with van der Waals surface area (Å²) in [6.07, 6.45) is 7.97. The van der Waals surface area contributed by atoms with Crippen LogP contribution in [0.4, 0.5) is 0 Å². The predicted molar refractivity (Wildman–Crippen MR) is 118 cm³/mol. The van der Waals surface area contributed by atoms with Crippen molar-refractivity contribution in [3.63, 3.8) is 0 Å². The second-order valence-corrected chi connectivity index (χ2v) is 7.47. The van der Waals surface area contributed by atoms with Gasteiger partial charge in [0.05, 0.1) is 13.2 Å². The molecule has 5 nitrogen and oxygen atoms in total. The van der Waals surface area contributed by atoms with Gasteiger partial charge in [-0.1, -0.05) is 33.6 Å². The third-order valence-corrected chi connectivity index (χ3v) is 4.75. The smallest absolute Gasteiger partial charge is 0.180 e. The van der Waals surface area contributed by atoms with E-state index in [1.54, 1.807) is 12.1 Å². The van der Waals surface area contributed by atoms with E-state index in [4.69, 9.17) is 18.9 Å². The van der Waals surface area contributed by atoms with Gasteiger partial charge in [-0.3, -0.25) is 0 Å².